The molecule has 0 bridgehead atoms. The molecule has 2 amide bonds. The standard InChI is InChI=1S/C20H19N5O4S.C20H24N2O4S.C10H7ClO2S/c26-19(23-27)14-8-21-20(22-9-14)25-10-16-17(11-25)18(16)24-30(28,29)15-6-5-12-3-1-2-4-13(12)7-15;1-20(2,3)26-19(23)22-11-16-17(12-22)18(16)21-27(24,25)15-9-8-13-6-4-5-7-14(13)10-15;11-14(12,13)10-6-5-8-3-1-2-4-9(8)7-10/h1-9,16-18,24,27H,10-11H2,(H,23,26);4-10,16-18,21H,11-12H2,1-3H3;1-7H. The summed E-state index contributed by atoms with van der Waals surface area (Å²) >= 11 is 0. The van der Waals surface area contributed by atoms with Gasteiger partial charge in [-0.3, -0.25) is 10.0 Å². The van der Waals surface area contributed by atoms with Crippen LogP contribution in [0.15, 0.2) is 154 Å². The van der Waals surface area contributed by atoms with E-state index in [1.807, 2.05) is 111 Å². The Bertz CT molecular complexity index is 3500. The number of hydroxylamine groups is 1. The molecule has 6 aromatic carbocycles. The van der Waals surface area contributed by atoms with Crippen LogP contribution in [-0.4, -0.2) is 101 Å². The Morgan fingerprint density at radius 1 is 0.592 bits per heavy atom. The van der Waals surface area contributed by atoms with E-state index in [9.17, 15) is 34.8 Å². The third-order valence-corrected chi connectivity index (χ3v) is 17.2. The number of nitrogens with one attached hydrogen (secondary N) is 3. The lowest BCUT2D eigenvalue weighted by atomic mass is 10.1. The number of halogens is 1. The highest BCUT2D eigenvalue weighted by atomic mass is 35.7. The largest absolute Gasteiger partial charge is 0.444 e. The normalized spacial score (nSPS) is 21.3. The number of rotatable bonds is 9. The molecule has 21 heteroatoms. The molecular weight excluding hydrogens is 990 g/mol. The number of amides is 2. The monoisotopic (exact) mass is 1040 g/mol. The Hall–Kier alpha value is -6.26. The number of piperidine rings is 2. The summed E-state index contributed by atoms with van der Waals surface area (Å²) in [6.07, 6.45) is 2.36. The molecule has 370 valence electrons. The van der Waals surface area contributed by atoms with Crippen LogP contribution < -0.4 is 19.8 Å². The minimum absolute atomic E-state index is 0.0999. The Labute approximate surface area is 415 Å². The first kappa shape index (κ1) is 49.7. The zero-order valence-corrected chi connectivity index (χ0v) is 41.8. The first-order valence-corrected chi connectivity index (χ1v) is 27.9. The zero-order chi connectivity index (χ0) is 50.5. The van der Waals surface area contributed by atoms with Gasteiger partial charge in [-0.1, -0.05) is 91.0 Å². The van der Waals surface area contributed by atoms with E-state index in [4.69, 9.17) is 20.6 Å². The second-order valence-electron chi connectivity index (χ2n) is 18.9. The van der Waals surface area contributed by atoms with Crippen molar-refractivity contribution in [3.05, 3.63) is 145 Å². The summed E-state index contributed by atoms with van der Waals surface area (Å²) in [6.45, 7) is 7.85. The van der Waals surface area contributed by atoms with Crippen molar-refractivity contribution in [2.45, 2.75) is 53.1 Å². The summed E-state index contributed by atoms with van der Waals surface area (Å²) in [5.41, 5.74) is 1.17. The molecule has 2 saturated heterocycles. The Morgan fingerprint density at radius 3 is 1.37 bits per heavy atom. The number of ether oxygens (including phenoxy) is 1. The van der Waals surface area contributed by atoms with Crippen LogP contribution in [0.1, 0.15) is 31.1 Å². The molecule has 17 nitrogen and oxygen atoms in total. The molecule has 7 aromatic rings. The SMILES string of the molecule is CC(C)(C)OC(=O)N1CC2C(C1)C2NS(=O)(=O)c1ccc2ccccc2c1.O=C(NO)c1cnc(N2CC3C(C2)C3NS(=O)(=O)c2ccc3ccccc3c2)nc1.O=S(=O)(Cl)c1ccc2ccccc2c1. The number of nitrogens with zero attached hydrogens (tertiary/aromatic N) is 4. The summed E-state index contributed by atoms with van der Waals surface area (Å²) in [6, 6.07) is 37.7. The predicted octanol–water partition coefficient (Wildman–Crippen LogP) is 6.91. The van der Waals surface area contributed by atoms with Crippen LogP contribution >= 0.6 is 10.7 Å². The molecule has 11 rings (SSSR count). The van der Waals surface area contributed by atoms with E-state index in [-0.39, 0.29) is 62.1 Å². The van der Waals surface area contributed by atoms with Gasteiger partial charge in [-0.2, -0.15) is 0 Å². The van der Waals surface area contributed by atoms with E-state index >= 15 is 0 Å². The van der Waals surface area contributed by atoms with Crippen LogP contribution in [0.3, 0.4) is 0 Å². The highest BCUT2D eigenvalue weighted by molar-refractivity contribution is 8.13. The van der Waals surface area contributed by atoms with E-state index in [1.165, 1.54) is 23.9 Å². The van der Waals surface area contributed by atoms with Crippen molar-refractivity contribution < 1.29 is 44.8 Å². The molecule has 2 aliphatic carbocycles. The van der Waals surface area contributed by atoms with Crippen molar-refractivity contribution >= 4 is 90.0 Å². The second kappa shape index (κ2) is 19.4. The molecule has 3 heterocycles. The summed E-state index contributed by atoms with van der Waals surface area (Å²) in [4.78, 5) is 36.1. The fourth-order valence-electron chi connectivity index (χ4n) is 9.19. The van der Waals surface area contributed by atoms with Crippen LogP contribution in [0.4, 0.5) is 10.7 Å². The fraction of sp³-hybridized carbons (Fsp3) is 0.280. The molecule has 4 atom stereocenters. The van der Waals surface area contributed by atoms with Gasteiger partial charge in [0.05, 0.1) is 20.2 Å². The van der Waals surface area contributed by atoms with E-state index in [0.29, 0.717) is 32.1 Å². The van der Waals surface area contributed by atoms with Gasteiger partial charge in [0, 0.05) is 61.3 Å². The summed E-state index contributed by atoms with van der Waals surface area (Å²) in [7, 11) is -5.57. The molecule has 71 heavy (non-hydrogen) atoms. The second-order valence-corrected chi connectivity index (χ2v) is 24.9. The molecular formula is C50H50ClN7O10S3. The van der Waals surface area contributed by atoms with Crippen molar-refractivity contribution in [2.75, 3.05) is 31.1 Å². The number of carbonyl (C=O) groups excluding carboxylic acids is 2. The zero-order valence-electron chi connectivity index (χ0n) is 38.6. The van der Waals surface area contributed by atoms with Crippen LogP contribution in [0.2, 0.25) is 0 Å². The van der Waals surface area contributed by atoms with Gasteiger partial charge >= 0.3 is 6.09 Å². The van der Waals surface area contributed by atoms with Crippen molar-refractivity contribution in [1.82, 2.24) is 29.8 Å². The number of likely N-dealkylation sites (tertiary alicyclic amines) is 1. The number of anilines is 1. The van der Waals surface area contributed by atoms with E-state index in [2.05, 4.69) is 19.4 Å². The van der Waals surface area contributed by atoms with E-state index < -0.39 is 40.6 Å². The lowest BCUT2D eigenvalue weighted by molar-refractivity contribution is 0.0270. The quantitative estimate of drug-likeness (QED) is 0.0655. The van der Waals surface area contributed by atoms with Gasteiger partial charge < -0.3 is 14.5 Å². The topological polar surface area (TPSA) is 234 Å². The Morgan fingerprint density at radius 2 is 0.972 bits per heavy atom. The van der Waals surface area contributed by atoms with Gasteiger partial charge in [0.25, 0.3) is 15.0 Å². The average molecular weight is 1040 g/mol. The van der Waals surface area contributed by atoms with E-state index in [1.54, 1.807) is 41.3 Å². The number of carbonyl (C=O) groups is 2. The molecule has 0 spiro atoms. The number of hydrogen-bond acceptors (Lipinski definition) is 13. The maximum absolute atomic E-state index is 12.8. The highest BCUT2D eigenvalue weighted by Crippen LogP contribution is 2.48. The summed E-state index contributed by atoms with van der Waals surface area (Å²) in [5.74, 6) is 0.524. The lowest BCUT2D eigenvalue weighted by Gasteiger charge is -2.26. The number of sulfonamides is 2. The third kappa shape index (κ3) is 11.3. The average Bonchev–Trinajstić information content (AvgIpc) is 3.94. The molecule has 4 fully saturated rings. The van der Waals surface area contributed by atoms with Crippen molar-refractivity contribution in [3.8, 4) is 0 Å². The molecule has 1 aromatic heterocycles. The molecule has 2 saturated carbocycles. The first-order valence-electron chi connectivity index (χ1n) is 22.6. The molecule has 4 N–H and O–H groups in total. The van der Waals surface area contributed by atoms with Crippen molar-refractivity contribution in [3.63, 3.8) is 0 Å². The van der Waals surface area contributed by atoms with Crippen LogP contribution in [0.5, 0.6) is 0 Å². The van der Waals surface area contributed by atoms with Crippen molar-refractivity contribution in [1.29, 1.82) is 0 Å². The summed E-state index contributed by atoms with van der Waals surface area (Å²) in [5, 5.41) is 14.3. The van der Waals surface area contributed by atoms with Crippen LogP contribution in [-0.2, 0) is 33.8 Å². The molecule has 4 unspecified atom stereocenters. The van der Waals surface area contributed by atoms with Crippen LogP contribution in [0.25, 0.3) is 32.3 Å². The smallest absolute Gasteiger partial charge is 0.410 e. The number of benzene rings is 6. The van der Waals surface area contributed by atoms with Gasteiger partial charge in [-0.15, -0.1) is 0 Å². The maximum atomic E-state index is 12.8. The van der Waals surface area contributed by atoms with Gasteiger partial charge in [-0.25, -0.2) is 54.9 Å². The van der Waals surface area contributed by atoms with Gasteiger partial charge in [-0.05, 0) is 113 Å². The minimum Gasteiger partial charge on any atom is -0.444 e. The molecule has 2 aliphatic heterocycles. The number of fused-ring (bicyclic) bond motifs is 5. The third-order valence-electron chi connectivity index (χ3n) is 13.0. The summed E-state index contributed by atoms with van der Waals surface area (Å²) < 4.78 is 84.3. The Balaban J connectivity index is 0.000000140. The van der Waals surface area contributed by atoms with Gasteiger partial charge in [0.15, 0.2) is 0 Å². The van der Waals surface area contributed by atoms with Gasteiger partial charge in [0.2, 0.25) is 26.0 Å². The molecule has 0 radical (unpaired) electrons. The minimum atomic E-state index is -3.62. The first-order chi connectivity index (χ1) is 33.7. The highest BCUT2D eigenvalue weighted by Gasteiger charge is 2.59. The Kier molecular flexibility index (Phi) is 13.6. The van der Waals surface area contributed by atoms with Gasteiger partial charge in [0.1, 0.15) is 5.60 Å². The fourth-order valence-corrected chi connectivity index (χ4v) is 12.7. The lowest BCUT2D eigenvalue weighted by Crippen LogP contribution is -2.40. The van der Waals surface area contributed by atoms with Crippen LogP contribution in [0, 0.1) is 23.7 Å². The molecule has 4 aliphatic rings. The predicted molar refractivity (Wildman–Crippen MR) is 268 cm³/mol. The number of aromatic nitrogens is 2. The van der Waals surface area contributed by atoms with E-state index in [0.717, 1.165) is 32.3 Å². The number of hydrogen-bond donors (Lipinski definition) is 4. The maximum Gasteiger partial charge on any atom is 0.410 e. The van der Waals surface area contributed by atoms with Crippen molar-refractivity contribution in [2.24, 2.45) is 23.7 Å².